The maximum atomic E-state index is 13.8. The number of hydrogen-bond donors (Lipinski definition) is 0. The Balaban J connectivity index is 1.54. The van der Waals surface area contributed by atoms with Gasteiger partial charge in [-0.15, -0.1) is 0 Å². The number of sulfonamides is 1. The maximum Gasteiger partial charge on any atom is 0.243 e. The van der Waals surface area contributed by atoms with Crippen LogP contribution >= 0.6 is 0 Å². The monoisotopic (exact) mass is 441 g/mol. The molecular formula is C20H22F3N3O3S. The van der Waals surface area contributed by atoms with E-state index in [-0.39, 0.29) is 55.6 Å². The molecule has 1 aliphatic rings. The molecule has 0 aliphatic carbocycles. The summed E-state index contributed by atoms with van der Waals surface area (Å²) in [6.07, 6.45) is 0. The normalized spacial score (nSPS) is 15.6. The fourth-order valence-corrected chi connectivity index (χ4v) is 4.68. The van der Waals surface area contributed by atoms with E-state index < -0.39 is 27.5 Å². The average Bonchev–Trinajstić information content (AvgIpc) is 2.70. The third-order valence-corrected chi connectivity index (χ3v) is 6.82. The Bertz CT molecular complexity index is 1010. The van der Waals surface area contributed by atoms with Crippen LogP contribution in [0.15, 0.2) is 47.4 Å². The van der Waals surface area contributed by atoms with Crippen molar-refractivity contribution in [3.63, 3.8) is 0 Å². The predicted octanol–water partition coefficient (Wildman–Crippen LogP) is 2.07. The van der Waals surface area contributed by atoms with Crippen molar-refractivity contribution in [2.24, 2.45) is 0 Å². The zero-order chi connectivity index (χ0) is 21.9. The highest BCUT2D eigenvalue weighted by Gasteiger charge is 2.30. The van der Waals surface area contributed by atoms with Gasteiger partial charge in [0.25, 0.3) is 0 Å². The number of carbonyl (C=O) groups is 1. The van der Waals surface area contributed by atoms with Gasteiger partial charge in [0.05, 0.1) is 11.4 Å². The number of benzene rings is 2. The first-order valence-electron chi connectivity index (χ1n) is 9.33. The molecule has 6 nitrogen and oxygen atoms in total. The van der Waals surface area contributed by atoms with Crippen LogP contribution in [0.2, 0.25) is 0 Å². The van der Waals surface area contributed by atoms with Crippen molar-refractivity contribution < 1.29 is 26.4 Å². The van der Waals surface area contributed by atoms with Gasteiger partial charge in [0.1, 0.15) is 17.5 Å². The minimum atomic E-state index is -3.75. The molecule has 10 heteroatoms. The summed E-state index contributed by atoms with van der Waals surface area (Å²) in [6.45, 7) is 0.845. The lowest BCUT2D eigenvalue weighted by Gasteiger charge is -2.34. The van der Waals surface area contributed by atoms with Crippen LogP contribution in [0.4, 0.5) is 13.2 Å². The summed E-state index contributed by atoms with van der Waals surface area (Å²) < 4.78 is 66.4. The molecule has 1 amide bonds. The van der Waals surface area contributed by atoms with Gasteiger partial charge in [-0.25, -0.2) is 21.6 Å². The molecule has 0 saturated carbocycles. The molecule has 0 unspecified atom stereocenters. The van der Waals surface area contributed by atoms with E-state index in [9.17, 15) is 26.4 Å². The van der Waals surface area contributed by atoms with Crippen LogP contribution in [0.1, 0.15) is 5.56 Å². The van der Waals surface area contributed by atoms with Gasteiger partial charge in [0, 0.05) is 44.4 Å². The zero-order valence-electron chi connectivity index (χ0n) is 16.4. The van der Waals surface area contributed by atoms with Crippen molar-refractivity contribution in [1.29, 1.82) is 0 Å². The highest BCUT2D eigenvalue weighted by atomic mass is 32.2. The Morgan fingerprint density at radius 3 is 2.17 bits per heavy atom. The topological polar surface area (TPSA) is 60.9 Å². The molecule has 30 heavy (non-hydrogen) atoms. The Hall–Kier alpha value is -2.43. The Morgan fingerprint density at radius 2 is 1.57 bits per heavy atom. The van der Waals surface area contributed by atoms with E-state index in [4.69, 9.17) is 0 Å². The summed E-state index contributed by atoms with van der Waals surface area (Å²) >= 11 is 0. The molecular weight excluding hydrogens is 419 g/mol. The smallest absolute Gasteiger partial charge is 0.243 e. The van der Waals surface area contributed by atoms with Crippen LogP contribution < -0.4 is 0 Å². The Labute approximate surface area is 173 Å². The second-order valence-corrected chi connectivity index (χ2v) is 9.08. The van der Waals surface area contributed by atoms with E-state index in [0.29, 0.717) is 0 Å². The van der Waals surface area contributed by atoms with Crippen LogP contribution in [0.25, 0.3) is 0 Å². The van der Waals surface area contributed by atoms with Crippen molar-refractivity contribution in [2.75, 3.05) is 39.8 Å². The van der Waals surface area contributed by atoms with Crippen LogP contribution in [-0.2, 0) is 21.4 Å². The van der Waals surface area contributed by atoms with Gasteiger partial charge in [-0.3, -0.25) is 9.69 Å². The molecule has 0 spiro atoms. The second-order valence-electron chi connectivity index (χ2n) is 7.15. The molecule has 0 N–H and O–H groups in total. The molecule has 2 aromatic carbocycles. The molecule has 1 saturated heterocycles. The molecule has 0 atom stereocenters. The largest absolute Gasteiger partial charge is 0.339 e. The highest BCUT2D eigenvalue weighted by molar-refractivity contribution is 7.89. The lowest BCUT2D eigenvalue weighted by Crippen LogP contribution is -2.52. The SMILES string of the molecule is CN(CC(=O)N1CCN(S(=O)(=O)c2ccc(F)cc2)CC1)Cc1ccc(F)cc1F. The lowest BCUT2D eigenvalue weighted by atomic mass is 10.2. The summed E-state index contributed by atoms with van der Waals surface area (Å²) in [7, 11) is -2.11. The number of hydrogen-bond acceptors (Lipinski definition) is 4. The molecule has 0 bridgehead atoms. The van der Waals surface area contributed by atoms with Gasteiger partial charge in [0.2, 0.25) is 15.9 Å². The standard InChI is InChI=1S/C20H22F3N3O3S/c1-24(13-15-2-3-17(22)12-19(15)23)14-20(27)25-8-10-26(11-9-25)30(28,29)18-6-4-16(21)5-7-18/h2-7,12H,8-11,13-14H2,1H3. The quantitative estimate of drug-likeness (QED) is 0.689. The van der Waals surface area contributed by atoms with Crippen LogP contribution in [-0.4, -0.2) is 68.2 Å². The summed E-state index contributed by atoms with van der Waals surface area (Å²) in [5.41, 5.74) is 0.280. The van der Waals surface area contributed by atoms with Gasteiger partial charge in [-0.1, -0.05) is 6.07 Å². The van der Waals surface area contributed by atoms with Crippen LogP contribution in [0.5, 0.6) is 0 Å². The molecule has 1 heterocycles. The van der Waals surface area contributed by atoms with Crippen LogP contribution in [0, 0.1) is 17.5 Å². The van der Waals surface area contributed by atoms with E-state index >= 15 is 0 Å². The molecule has 1 aliphatic heterocycles. The minimum Gasteiger partial charge on any atom is -0.339 e. The van der Waals surface area contributed by atoms with Crippen molar-refractivity contribution in [3.8, 4) is 0 Å². The minimum absolute atomic E-state index is 0.00438. The van der Waals surface area contributed by atoms with Gasteiger partial charge in [-0.05, 0) is 37.4 Å². The molecule has 162 valence electrons. The van der Waals surface area contributed by atoms with Crippen molar-refractivity contribution >= 4 is 15.9 Å². The number of likely N-dealkylation sites (N-methyl/N-ethyl adjacent to an activating group) is 1. The second kappa shape index (κ2) is 9.15. The third kappa shape index (κ3) is 5.18. The van der Waals surface area contributed by atoms with E-state index in [2.05, 4.69) is 0 Å². The van der Waals surface area contributed by atoms with E-state index in [1.165, 1.54) is 22.5 Å². The van der Waals surface area contributed by atoms with Crippen LogP contribution in [0.3, 0.4) is 0 Å². The van der Waals surface area contributed by atoms with Gasteiger partial charge in [0.15, 0.2) is 0 Å². The summed E-state index contributed by atoms with van der Waals surface area (Å²) in [5, 5.41) is 0. The van der Waals surface area contributed by atoms with E-state index in [1.54, 1.807) is 16.8 Å². The first-order valence-corrected chi connectivity index (χ1v) is 10.8. The molecule has 2 aromatic rings. The fraction of sp³-hybridized carbons (Fsp3) is 0.350. The molecule has 0 radical (unpaired) electrons. The Kier molecular flexibility index (Phi) is 6.79. The lowest BCUT2D eigenvalue weighted by molar-refractivity contribution is -0.133. The summed E-state index contributed by atoms with van der Waals surface area (Å²) in [5.74, 6) is -2.06. The zero-order valence-corrected chi connectivity index (χ0v) is 17.2. The predicted molar refractivity (Wildman–Crippen MR) is 104 cm³/mol. The third-order valence-electron chi connectivity index (χ3n) is 4.90. The Morgan fingerprint density at radius 1 is 0.967 bits per heavy atom. The first-order chi connectivity index (χ1) is 14.2. The highest BCUT2D eigenvalue weighted by Crippen LogP contribution is 2.18. The van der Waals surface area contributed by atoms with Crippen molar-refractivity contribution in [1.82, 2.24) is 14.1 Å². The number of rotatable bonds is 6. The number of halogens is 3. The van der Waals surface area contributed by atoms with Crippen molar-refractivity contribution in [2.45, 2.75) is 11.4 Å². The fourth-order valence-electron chi connectivity index (χ4n) is 3.26. The number of piperazine rings is 1. The number of carbonyl (C=O) groups excluding carboxylic acids is 1. The maximum absolute atomic E-state index is 13.8. The van der Waals surface area contributed by atoms with E-state index in [0.717, 1.165) is 24.3 Å². The summed E-state index contributed by atoms with van der Waals surface area (Å²) in [4.78, 5) is 15.7. The van der Waals surface area contributed by atoms with E-state index in [1.807, 2.05) is 0 Å². The average molecular weight is 441 g/mol. The molecule has 3 rings (SSSR count). The van der Waals surface area contributed by atoms with Gasteiger partial charge in [-0.2, -0.15) is 4.31 Å². The number of nitrogens with zero attached hydrogens (tertiary/aromatic N) is 3. The summed E-state index contributed by atoms with van der Waals surface area (Å²) in [6, 6.07) is 7.90. The molecule has 1 fully saturated rings. The molecule has 0 aromatic heterocycles. The van der Waals surface area contributed by atoms with Gasteiger partial charge < -0.3 is 4.90 Å². The van der Waals surface area contributed by atoms with Gasteiger partial charge >= 0.3 is 0 Å². The van der Waals surface area contributed by atoms with Crippen molar-refractivity contribution in [3.05, 3.63) is 65.5 Å². The first kappa shape index (κ1) is 22.3. The number of amides is 1.